The van der Waals surface area contributed by atoms with Crippen LogP contribution in [0.2, 0.25) is 5.02 Å². The highest BCUT2D eigenvalue weighted by atomic mass is 35.5. The van der Waals surface area contributed by atoms with Gasteiger partial charge in [-0.3, -0.25) is 4.79 Å². The minimum Gasteiger partial charge on any atom is -0.293 e. The summed E-state index contributed by atoms with van der Waals surface area (Å²) in [6.45, 7) is 1.25. The lowest BCUT2D eigenvalue weighted by Crippen LogP contribution is -2.16. The second kappa shape index (κ2) is 4.63. The van der Waals surface area contributed by atoms with Crippen molar-refractivity contribution in [3.05, 3.63) is 33.8 Å². The molecule has 0 heterocycles. The molecule has 0 N–H and O–H groups in total. The van der Waals surface area contributed by atoms with Crippen LogP contribution in [0.3, 0.4) is 0 Å². The van der Waals surface area contributed by atoms with Crippen molar-refractivity contribution in [3.63, 3.8) is 0 Å². The molecule has 16 heavy (non-hydrogen) atoms. The van der Waals surface area contributed by atoms with Crippen molar-refractivity contribution in [1.82, 2.24) is 0 Å². The smallest absolute Gasteiger partial charge is 0.293 e. The molecule has 1 nitrogen and oxygen atoms in total. The van der Waals surface area contributed by atoms with Gasteiger partial charge in [0.1, 0.15) is 0 Å². The number of benzene rings is 1. The summed E-state index contributed by atoms with van der Waals surface area (Å²) in [6, 6.07) is 2.15. The van der Waals surface area contributed by atoms with E-state index in [9.17, 15) is 18.0 Å². The van der Waals surface area contributed by atoms with Gasteiger partial charge in [0.15, 0.2) is 5.78 Å². The summed E-state index contributed by atoms with van der Waals surface area (Å²) in [5.74, 6) is -1.30. The third-order valence-corrected chi connectivity index (χ3v) is 2.47. The molecule has 0 saturated carbocycles. The van der Waals surface area contributed by atoms with Crippen LogP contribution in [-0.4, -0.2) is 11.7 Å². The third-order valence-electron chi connectivity index (χ3n) is 2.01. The maximum absolute atomic E-state index is 12.7. The minimum absolute atomic E-state index is 0.0824. The van der Waals surface area contributed by atoms with Crippen LogP contribution in [0.4, 0.5) is 13.2 Å². The van der Waals surface area contributed by atoms with Crippen molar-refractivity contribution < 1.29 is 18.0 Å². The molecule has 0 fully saturated rings. The first-order valence-electron chi connectivity index (χ1n) is 4.24. The largest absolute Gasteiger partial charge is 0.417 e. The number of aryl methyl sites for hydroxylation is 1. The van der Waals surface area contributed by atoms with Crippen molar-refractivity contribution in [1.29, 1.82) is 0 Å². The average molecular weight is 271 g/mol. The Morgan fingerprint density at radius 2 is 1.94 bits per heavy atom. The predicted molar refractivity (Wildman–Crippen MR) is 56.2 cm³/mol. The van der Waals surface area contributed by atoms with Crippen molar-refractivity contribution in [3.8, 4) is 0 Å². The second-order valence-electron chi connectivity index (χ2n) is 3.20. The van der Waals surface area contributed by atoms with Crippen LogP contribution in [0.15, 0.2) is 12.1 Å². The summed E-state index contributed by atoms with van der Waals surface area (Å²) >= 11 is 10.9. The Morgan fingerprint density at radius 3 is 2.38 bits per heavy atom. The highest BCUT2D eigenvalue weighted by Gasteiger charge is 2.36. The first-order chi connectivity index (χ1) is 7.27. The van der Waals surface area contributed by atoms with Gasteiger partial charge in [-0.1, -0.05) is 11.6 Å². The molecule has 0 aliphatic rings. The number of ketones is 1. The molecule has 0 aliphatic carbocycles. The molecule has 0 bridgehead atoms. The van der Waals surface area contributed by atoms with Gasteiger partial charge in [0, 0.05) is 10.6 Å². The molecular formula is C10H7Cl2F3O. The van der Waals surface area contributed by atoms with E-state index in [1.54, 1.807) is 0 Å². The zero-order chi connectivity index (χ0) is 12.5. The topological polar surface area (TPSA) is 17.1 Å². The van der Waals surface area contributed by atoms with E-state index in [0.29, 0.717) is 0 Å². The summed E-state index contributed by atoms with van der Waals surface area (Å²) in [5, 5.41) is 0.0824. The molecule has 0 atom stereocenters. The van der Waals surface area contributed by atoms with Gasteiger partial charge in [-0.25, -0.2) is 0 Å². The van der Waals surface area contributed by atoms with Crippen LogP contribution in [0.1, 0.15) is 21.5 Å². The Kier molecular flexibility index (Phi) is 3.86. The first kappa shape index (κ1) is 13.3. The standard InChI is InChI=1S/C10H7Cl2F3O/c1-5-2-6(12)3-7(8(16)4-11)9(5)10(13,14)15/h2-3H,4H2,1H3. The number of hydrogen-bond acceptors (Lipinski definition) is 1. The SMILES string of the molecule is Cc1cc(Cl)cc(C(=O)CCl)c1C(F)(F)F. The van der Waals surface area contributed by atoms with Gasteiger partial charge in [0.25, 0.3) is 0 Å². The number of halogens is 5. The molecular weight excluding hydrogens is 264 g/mol. The van der Waals surface area contributed by atoms with Gasteiger partial charge in [0.05, 0.1) is 11.4 Å². The van der Waals surface area contributed by atoms with Crippen molar-refractivity contribution in [2.45, 2.75) is 13.1 Å². The van der Waals surface area contributed by atoms with Crippen LogP contribution in [0, 0.1) is 6.92 Å². The Morgan fingerprint density at radius 1 is 1.38 bits per heavy atom. The number of Topliss-reactive ketones (excluding diaryl/α,β-unsaturated/α-hetero) is 1. The van der Waals surface area contributed by atoms with Crippen LogP contribution in [-0.2, 0) is 6.18 Å². The normalized spacial score (nSPS) is 11.6. The summed E-state index contributed by atoms with van der Waals surface area (Å²) in [7, 11) is 0. The lowest BCUT2D eigenvalue weighted by Gasteiger charge is -2.14. The van der Waals surface area contributed by atoms with Gasteiger partial charge in [0.2, 0.25) is 0 Å². The molecule has 6 heteroatoms. The maximum Gasteiger partial charge on any atom is 0.417 e. The minimum atomic E-state index is -4.59. The fraction of sp³-hybridized carbons (Fsp3) is 0.300. The molecule has 1 aromatic carbocycles. The van der Waals surface area contributed by atoms with Crippen molar-refractivity contribution in [2.24, 2.45) is 0 Å². The first-order valence-corrected chi connectivity index (χ1v) is 5.15. The van der Waals surface area contributed by atoms with Gasteiger partial charge >= 0.3 is 6.18 Å². The molecule has 1 aromatic rings. The van der Waals surface area contributed by atoms with Crippen LogP contribution in [0.25, 0.3) is 0 Å². The van der Waals surface area contributed by atoms with Crippen LogP contribution in [0.5, 0.6) is 0 Å². The van der Waals surface area contributed by atoms with E-state index in [1.165, 1.54) is 6.92 Å². The van der Waals surface area contributed by atoms with E-state index in [2.05, 4.69) is 0 Å². The molecule has 0 aliphatic heterocycles. The summed E-state index contributed by atoms with van der Waals surface area (Å²) in [5.41, 5.74) is -1.54. The number of carbonyl (C=O) groups excluding carboxylic acids is 1. The quantitative estimate of drug-likeness (QED) is 0.585. The second-order valence-corrected chi connectivity index (χ2v) is 3.90. The van der Waals surface area contributed by atoms with Gasteiger partial charge in [-0.05, 0) is 24.6 Å². The molecule has 0 unspecified atom stereocenters. The van der Waals surface area contributed by atoms with Gasteiger partial charge in [-0.2, -0.15) is 13.2 Å². The van der Waals surface area contributed by atoms with Crippen LogP contribution < -0.4 is 0 Å². The Labute approximate surface area is 100 Å². The van der Waals surface area contributed by atoms with Crippen molar-refractivity contribution in [2.75, 3.05) is 5.88 Å². The molecule has 0 spiro atoms. The number of alkyl halides is 4. The van der Waals surface area contributed by atoms with E-state index in [-0.39, 0.29) is 10.6 Å². The predicted octanol–water partition coefficient (Wildman–Crippen LogP) is 4.09. The Bertz CT molecular complexity index is 427. The van der Waals surface area contributed by atoms with E-state index in [4.69, 9.17) is 23.2 Å². The third kappa shape index (κ3) is 2.68. The summed E-state index contributed by atoms with van der Waals surface area (Å²) in [4.78, 5) is 11.3. The fourth-order valence-electron chi connectivity index (χ4n) is 1.41. The van der Waals surface area contributed by atoms with E-state index < -0.39 is 29.0 Å². The van der Waals surface area contributed by atoms with Crippen molar-refractivity contribution >= 4 is 29.0 Å². The molecule has 0 amide bonds. The molecule has 0 aromatic heterocycles. The Hall–Kier alpha value is -0.740. The van der Waals surface area contributed by atoms with E-state index in [0.717, 1.165) is 12.1 Å². The van der Waals surface area contributed by atoms with E-state index >= 15 is 0 Å². The van der Waals surface area contributed by atoms with Gasteiger partial charge in [-0.15, -0.1) is 11.6 Å². The maximum atomic E-state index is 12.7. The highest BCUT2D eigenvalue weighted by Crippen LogP contribution is 2.36. The molecule has 88 valence electrons. The lowest BCUT2D eigenvalue weighted by molar-refractivity contribution is -0.138. The molecule has 0 saturated heterocycles. The number of hydrogen-bond donors (Lipinski definition) is 0. The van der Waals surface area contributed by atoms with Gasteiger partial charge < -0.3 is 0 Å². The lowest BCUT2D eigenvalue weighted by atomic mass is 9.99. The fourth-order valence-corrected chi connectivity index (χ4v) is 1.83. The Balaban J connectivity index is 3.51. The monoisotopic (exact) mass is 270 g/mol. The zero-order valence-corrected chi connectivity index (χ0v) is 9.67. The van der Waals surface area contributed by atoms with Crippen LogP contribution >= 0.6 is 23.2 Å². The summed E-state index contributed by atoms with van der Waals surface area (Å²) < 4.78 is 38.1. The van der Waals surface area contributed by atoms with E-state index in [1.807, 2.05) is 0 Å². The number of rotatable bonds is 2. The zero-order valence-electron chi connectivity index (χ0n) is 8.16. The molecule has 1 rings (SSSR count). The average Bonchev–Trinajstić information content (AvgIpc) is 2.12. The molecule has 0 radical (unpaired) electrons. The number of carbonyl (C=O) groups is 1. The highest BCUT2D eigenvalue weighted by molar-refractivity contribution is 6.33. The summed E-state index contributed by atoms with van der Waals surface area (Å²) in [6.07, 6.45) is -4.59.